The van der Waals surface area contributed by atoms with Crippen LogP contribution in [0.25, 0.3) is 0 Å². The highest BCUT2D eigenvalue weighted by Crippen LogP contribution is 2.39. The van der Waals surface area contributed by atoms with Gasteiger partial charge >= 0.3 is 5.97 Å². The highest BCUT2D eigenvalue weighted by molar-refractivity contribution is 6.22. The molecule has 6 heteroatoms. The Hall–Kier alpha value is -2.24. The number of rotatable bonds is 2. The summed E-state index contributed by atoms with van der Waals surface area (Å²) in [5, 5.41) is 8.94. The normalized spacial score (nSPS) is 25.7. The Kier molecular flexibility index (Phi) is 3.00. The summed E-state index contributed by atoms with van der Waals surface area (Å²) in [6, 6.07) is 2.77. The molecule has 2 unspecified atom stereocenters. The molecule has 1 saturated heterocycles. The van der Waals surface area contributed by atoms with Crippen molar-refractivity contribution in [1.82, 2.24) is 4.98 Å². The van der Waals surface area contributed by atoms with Gasteiger partial charge in [-0.2, -0.15) is 0 Å². The van der Waals surface area contributed by atoms with Gasteiger partial charge in [0.15, 0.2) is 0 Å². The Labute approximate surface area is 115 Å². The molecule has 0 radical (unpaired) electrons. The van der Waals surface area contributed by atoms with Crippen molar-refractivity contribution in [3.8, 4) is 0 Å². The third kappa shape index (κ3) is 1.88. The van der Waals surface area contributed by atoms with Gasteiger partial charge in [0.2, 0.25) is 11.8 Å². The van der Waals surface area contributed by atoms with E-state index in [4.69, 9.17) is 5.11 Å². The average Bonchev–Trinajstić information content (AvgIpc) is 2.72. The third-order valence-electron chi connectivity index (χ3n) is 4.06. The largest absolute Gasteiger partial charge is 0.477 e. The molecule has 1 N–H and O–H groups in total. The molecule has 2 fully saturated rings. The number of amides is 2. The van der Waals surface area contributed by atoms with Crippen LogP contribution in [0.2, 0.25) is 0 Å². The lowest BCUT2D eigenvalue weighted by molar-refractivity contribution is -0.122. The Morgan fingerprint density at radius 2 is 1.80 bits per heavy atom. The van der Waals surface area contributed by atoms with Crippen LogP contribution in [0, 0.1) is 11.8 Å². The second-order valence-electron chi connectivity index (χ2n) is 5.21. The van der Waals surface area contributed by atoms with E-state index < -0.39 is 5.97 Å². The van der Waals surface area contributed by atoms with Crippen molar-refractivity contribution in [1.29, 1.82) is 0 Å². The van der Waals surface area contributed by atoms with Gasteiger partial charge in [-0.3, -0.25) is 9.59 Å². The third-order valence-corrected chi connectivity index (χ3v) is 4.06. The van der Waals surface area contributed by atoms with Gasteiger partial charge in [0, 0.05) is 6.20 Å². The molecule has 2 heterocycles. The number of anilines is 1. The summed E-state index contributed by atoms with van der Waals surface area (Å²) in [5.74, 6) is -2.07. The van der Waals surface area contributed by atoms with E-state index in [1.54, 1.807) is 0 Å². The Bertz CT molecular complexity index is 575. The standard InChI is InChI=1S/C14H14N2O4/c17-12-9-3-1-2-4-10(9)13(18)16(12)8-5-6-15-11(7-8)14(19)20/h5-7,9-10H,1-4H2,(H,19,20). The minimum atomic E-state index is -1.18. The number of pyridine rings is 1. The number of carbonyl (C=O) groups excluding carboxylic acids is 2. The number of fused-ring (bicyclic) bond motifs is 1. The lowest BCUT2D eigenvalue weighted by Crippen LogP contribution is -2.31. The number of aromatic carboxylic acids is 1. The summed E-state index contributed by atoms with van der Waals surface area (Å²) < 4.78 is 0. The number of carbonyl (C=O) groups is 3. The quantitative estimate of drug-likeness (QED) is 0.825. The van der Waals surface area contributed by atoms with Crippen LogP contribution in [0.15, 0.2) is 18.3 Å². The van der Waals surface area contributed by atoms with Gasteiger partial charge in [-0.1, -0.05) is 12.8 Å². The van der Waals surface area contributed by atoms with E-state index in [0.29, 0.717) is 5.69 Å². The van der Waals surface area contributed by atoms with E-state index in [-0.39, 0.29) is 29.3 Å². The molecule has 1 aromatic heterocycles. The fourth-order valence-electron chi connectivity index (χ4n) is 3.09. The smallest absolute Gasteiger partial charge is 0.354 e. The van der Waals surface area contributed by atoms with E-state index in [0.717, 1.165) is 30.6 Å². The maximum absolute atomic E-state index is 12.4. The van der Waals surface area contributed by atoms with Crippen molar-refractivity contribution in [2.45, 2.75) is 25.7 Å². The maximum Gasteiger partial charge on any atom is 0.354 e. The Morgan fingerprint density at radius 1 is 1.20 bits per heavy atom. The van der Waals surface area contributed by atoms with Crippen LogP contribution in [0.5, 0.6) is 0 Å². The summed E-state index contributed by atoms with van der Waals surface area (Å²) in [4.78, 5) is 40.5. The van der Waals surface area contributed by atoms with E-state index in [9.17, 15) is 14.4 Å². The first-order valence-corrected chi connectivity index (χ1v) is 6.67. The number of hydrogen-bond donors (Lipinski definition) is 1. The molecule has 0 aromatic carbocycles. The predicted octanol–water partition coefficient (Wildman–Crippen LogP) is 1.46. The van der Waals surface area contributed by atoms with E-state index >= 15 is 0 Å². The molecule has 1 saturated carbocycles. The molecule has 1 aromatic rings. The van der Waals surface area contributed by atoms with E-state index in [1.807, 2.05) is 0 Å². The highest BCUT2D eigenvalue weighted by Gasteiger charge is 2.48. The zero-order valence-corrected chi connectivity index (χ0v) is 10.8. The lowest BCUT2D eigenvalue weighted by Gasteiger charge is -2.19. The lowest BCUT2D eigenvalue weighted by atomic mass is 9.81. The van der Waals surface area contributed by atoms with E-state index in [2.05, 4.69) is 4.98 Å². The van der Waals surface area contributed by atoms with E-state index in [1.165, 1.54) is 18.3 Å². The highest BCUT2D eigenvalue weighted by atomic mass is 16.4. The molecule has 3 rings (SSSR count). The molecule has 20 heavy (non-hydrogen) atoms. The minimum absolute atomic E-state index is 0.169. The number of carboxylic acid groups (broad SMARTS) is 1. The summed E-state index contributed by atoms with van der Waals surface area (Å²) in [5.41, 5.74) is 0.139. The SMILES string of the molecule is O=C(O)c1cc(N2C(=O)C3CCCCC3C2=O)ccn1. The fourth-order valence-corrected chi connectivity index (χ4v) is 3.09. The van der Waals surface area contributed by atoms with Crippen molar-refractivity contribution < 1.29 is 19.5 Å². The molecular weight excluding hydrogens is 260 g/mol. The summed E-state index contributed by atoms with van der Waals surface area (Å²) in [6.45, 7) is 0. The van der Waals surface area contributed by atoms with Crippen molar-refractivity contribution in [3.63, 3.8) is 0 Å². The first-order chi connectivity index (χ1) is 9.59. The number of carboxylic acids is 1. The minimum Gasteiger partial charge on any atom is -0.477 e. The van der Waals surface area contributed by atoms with Crippen LogP contribution >= 0.6 is 0 Å². The second kappa shape index (κ2) is 4.70. The zero-order valence-electron chi connectivity index (χ0n) is 10.8. The monoisotopic (exact) mass is 274 g/mol. The van der Waals surface area contributed by atoms with Gasteiger partial charge in [-0.25, -0.2) is 14.7 Å². The molecule has 6 nitrogen and oxygen atoms in total. The predicted molar refractivity (Wildman–Crippen MR) is 69.1 cm³/mol. The summed E-state index contributed by atoms with van der Waals surface area (Å²) in [6.07, 6.45) is 4.71. The molecule has 2 aliphatic rings. The first kappa shape index (κ1) is 12.8. The van der Waals surface area contributed by atoms with Crippen molar-refractivity contribution in [3.05, 3.63) is 24.0 Å². The summed E-state index contributed by atoms with van der Waals surface area (Å²) in [7, 11) is 0. The van der Waals surface area contributed by atoms with Crippen LogP contribution in [-0.4, -0.2) is 27.9 Å². The zero-order chi connectivity index (χ0) is 14.3. The van der Waals surface area contributed by atoms with Crippen LogP contribution in [0.3, 0.4) is 0 Å². The molecule has 2 atom stereocenters. The van der Waals surface area contributed by atoms with Gasteiger partial charge in [0.1, 0.15) is 5.69 Å². The number of imide groups is 1. The number of hydrogen-bond acceptors (Lipinski definition) is 4. The van der Waals surface area contributed by atoms with Crippen molar-refractivity contribution in [2.75, 3.05) is 4.90 Å². The van der Waals surface area contributed by atoms with Gasteiger partial charge in [-0.15, -0.1) is 0 Å². The first-order valence-electron chi connectivity index (χ1n) is 6.67. The van der Waals surface area contributed by atoms with Gasteiger partial charge < -0.3 is 5.11 Å². The van der Waals surface area contributed by atoms with Crippen LogP contribution in [0.1, 0.15) is 36.2 Å². The van der Waals surface area contributed by atoms with Crippen molar-refractivity contribution >= 4 is 23.5 Å². The average molecular weight is 274 g/mol. The second-order valence-corrected chi connectivity index (χ2v) is 5.21. The van der Waals surface area contributed by atoms with Gasteiger partial charge in [0.25, 0.3) is 0 Å². The summed E-state index contributed by atoms with van der Waals surface area (Å²) >= 11 is 0. The van der Waals surface area contributed by atoms with Crippen LogP contribution in [-0.2, 0) is 9.59 Å². The van der Waals surface area contributed by atoms with Crippen LogP contribution in [0.4, 0.5) is 5.69 Å². The molecule has 1 aliphatic heterocycles. The number of aromatic nitrogens is 1. The van der Waals surface area contributed by atoms with Gasteiger partial charge in [0.05, 0.1) is 17.5 Å². The van der Waals surface area contributed by atoms with Gasteiger partial charge in [-0.05, 0) is 25.0 Å². The number of nitrogens with zero attached hydrogens (tertiary/aromatic N) is 2. The molecule has 0 bridgehead atoms. The maximum atomic E-state index is 12.4. The topological polar surface area (TPSA) is 87.6 Å². The Morgan fingerprint density at radius 3 is 2.35 bits per heavy atom. The fraction of sp³-hybridized carbons (Fsp3) is 0.429. The molecular formula is C14H14N2O4. The molecule has 2 amide bonds. The molecule has 0 spiro atoms. The van der Waals surface area contributed by atoms with Crippen molar-refractivity contribution in [2.24, 2.45) is 11.8 Å². The molecule has 104 valence electrons. The van der Waals surface area contributed by atoms with Crippen LogP contribution < -0.4 is 4.90 Å². The Balaban J connectivity index is 1.97. The molecule has 1 aliphatic carbocycles.